The maximum Gasteiger partial charge on any atom is 0.409 e. The van der Waals surface area contributed by atoms with E-state index in [1.54, 1.807) is 18.0 Å². The normalized spacial score (nSPS) is 20.8. The van der Waals surface area contributed by atoms with Crippen LogP contribution in [0.3, 0.4) is 0 Å². The standard InChI is InChI=1S/C26H23ClN2O4/c1-29-20(15-32-26(29)31)12-16-2-6-21(7-3-16)33-22-8-5-18(23(27)14-22)10-17-4-9-24-19(11-17)13-25(30)28-24/h2-10,14,20H,11-13,15H2,1H3,(H,28,30). The van der Waals surface area contributed by atoms with Gasteiger partial charge in [0.15, 0.2) is 0 Å². The molecular weight excluding hydrogens is 440 g/mol. The highest BCUT2D eigenvalue weighted by molar-refractivity contribution is 6.32. The lowest BCUT2D eigenvalue weighted by atomic mass is 9.96. The molecule has 2 heterocycles. The van der Waals surface area contributed by atoms with Crippen molar-refractivity contribution < 1.29 is 19.1 Å². The molecule has 0 radical (unpaired) electrons. The number of carbonyl (C=O) groups is 2. The van der Waals surface area contributed by atoms with Gasteiger partial charge in [0.1, 0.15) is 18.1 Å². The average Bonchev–Trinajstić information content (AvgIpc) is 3.32. The molecule has 7 heteroatoms. The summed E-state index contributed by atoms with van der Waals surface area (Å²) in [6, 6.07) is 13.5. The number of benzene rings is 2. The lowest BCUT2D eigenvalue weighted by molar-refractivity contribution is -0.118. The molecule has 5 rings (SSSR count). The molecule has 1 atom stereocenters. The van der Waals surface area contributed by atoms with Crippen LogP contribution in [0.25, 0.3) is 6.08 Å². The molecule has 2 aliphatic heterocycles. The number of hydrogen-bond donors (Lipinski definition) is 1. The van der Waals surface area contributed by atoms with Crippen molar-refractivity contribution in [2.75, 3.05) is 13.7 Å². The Morgan fingerprint density at radius 3 is 2.64 bits per heavy atom. The van der Waals surface area contributed by atoms with Gasteiger partial charge in [0.05, 0.1) is 17.5 Å². The van der Waals surface area contributed by atoms with Gasteiger partial charge in [-0.25, -0.2) is 4.79 Å². The monoisotopic (exact) mass is 462 g/mol. The third-order valence-electron chi connectivity index (χ3n) is 6.09. The van der Waals surface area contributed by atoms with Gasteiger partial charge < -0.3 is 19.7 Å². The number of nitrogens with one attached hydrogen (secondary N) is 1. The number of hydrogen-bond acceptors (Lipinski definition) is 4. The largest absolute Gasteiger partial charge is 0.457 e. The minimum Gasteiger partial charge on any atom is -0.457 e. The summed E-state index contributed by atoms with van der Waals surface area (Å²) in [4.78, 5) is 24.7. The van der Waals surface area contributed by atoms with Gasteiger partial charge in [-0.2, -0.15) is 0 Å². The summed E-state index contributed by atoms with van der Waals surface area (Å²) in [5, 5.41) is 3.47. The zero-order valence-corrected chi connectivity index (χ0v) is 18.9. The Balaban J connectivity index is 1.22. The Morgan fingerprint density at radius 1 is 1.12 bits per heavy atom. The van der Waals surface area contributed by atoms with E-state index in [-0.39, 0.29) is 18.0 Å². The highest BCUT2D eigenvalue weighted by Crippen LogP contribution is 2.32. The summed E-state index contributed by atoms with van der Waals surface area (Å²) < 4.78 is 11.0. The molecule has 1 aliphatic carbocycles. The number of halogens is 1. The predicted molar refractivity (Wildman–Crippen MR) is 126 cm³/mol. The van der Waals surface area contributed by atoms with E-state index in [0.29, 0.717) is 29.5 Å². The number of allylic oxidation sites excluding steroid dienone is 3. The zero-order chi connectivity index (χ0) is 22.9. The van der Waals surface area contributed by atoms with E-state index in [0.717, 1.165) is 40.8 Å². The number of cyclic esters (lactones) is 1. The van der Waals surface area contributed by atoms with Crippen LogP contribution >= 0.6 is 11.6 Å². The topological polar surface area (TPSA) is 67.9 Å². The van der Waals surface area contributed by atoms with Gasteiger partial charge >= 0.3 is 6.09 Å². The van der Waals surface area contributed by atoms with Gasteiger partial charge in [0.2, 0.25) is 5.91 Å². The van der Waals surface area contributed by atoms with E-state index in [9.17, 15) is 9.59 Å². The maximum absolute atomic E-state index is 11.6. The van der Waals surface area contributed by atoms with Crippen molar-refractivity contribution in [3.8, 4) is 11.5 Å². The first-order valence-corrected chi connectivity index (χ1v) is 11.2. The fourth-order valence-electron chi connectivity index (χ4n) is 4.20. The summed E-state index contributed by atoms with van der Waals surface area (Å²) in [7, 11) is 1.76. The molecule has 1 fully saturated rings. The Bertz CT molecular complexity index is 1210. The molecule has 168 valence electrons. The van der Waals surface area contributed by atoms with Crippen molar-refractivity contribution in [1.29, 1.82) is 0 Å². The quantitative estimate of drug-likeness (QED) is 0.659. The number of ether oxygens (including phenoxy) is 2. The molecule has 0 saturated carbocycles. The van der Waals surface area contributed by atoms with E-state index in [1.165, 1.54) is 0 Å². The summed E-state index contributed by atoms with van der Waals surface area (Å²) >= 11 is 6.52. The van der Waals surface area contributed by atoms with Crippen LogP contribution in [0, 0.1) is 0 Å². The van der Waals surface area contributed by atoms with Crippen molar-refractivity contribution in [2.24, 2.45) is 0 Å². The zero-order valence-electron chi connectivity index (χ0n) is 18.1. The highest BCUT2D eigenvalue weighted by Gasteiger charge is 2.29. The Hall–Kier alpha value is -3.51. The number of likely N-dealkylation sites (N-methyl/N-ethyl adjacent to an activating group) is 1. The molecular formula is C26H23ClN2O4. The van der Waals surface area contributed by atoms with Crippen LogP contribution in [0.5, 0.6) is 11.5 Å². The minimum atomic E-state index is -0.275. The molecule has 0 bridgehead atoms. The summed E-state index contributed by atoms with van der Waals surface area (Å²) in [5.41, 5.74) is 5.16. The number of carbonyl (C=O) groups excluding carboxylic acids is 2. The smallest absolute Gasteiger partial charge is 0.409 e. The van der Waals surface area contributed by atoms with Crippen LogP contribution < -0.4 is 10.1 Å². The van der Waals surface area contributed by atoms with Crippen LogP contribution in [-0.4, -0.2) is 36.6 Å². The van der Waals surface area contributed by atoms with Crippen molar-refractivity contribution in [3.05, 3.63) is 87.6 Å². The summed E-state index contributed by atoms with van der Waals surface area (Å²) in [6.07, 6.45) is 7.65. The van der Waals surface area contributed by atoms with Gasteiger partial charge in [0.25, 0.3) is 0 Å². The van der Waals surface area contributed by atoms with Crippen LogP contribution in [0.4, 0.5) is 4.79 Å². The minimum absolute atomic E-state index is 0.0495. The number of nitrogens with zero attached hydrogens (tertiary/aromatic N) is 1. The fourth-order valence-corrected chi connectivity index (χ4v) is 4.42. The maximum atomic E-state index is 11.6. The van der Waals surface area contributed by atoms with Gasteiger partial charge in [-0.1, -0.05) is 29.8 Å². The Kier molecular flexibility index (Phi) is 5.68. The average molecular weight is 463 g/mol. The lowest BCUT2D eigenvalue weighted by Crippen LogP contribution is -2.30. The molecule has 0 spiro atoms. The molecule has 1 unspecified atom stereocenters. The first-order valence-electron chi connectivity index (χ1n) is 10.8. The molecule has 2 amide bonds. The van der Waals surface area contributed by atoms with Crippen LogP contribution in [-0.2, 0) is 16.0 Å². The van der Waals surface area contributed by atoms with E-state index < -0.39 is 0 Å². The van der Waals surface area contributed by atoms with Crippen LogP contribution in [0.15, 0.2) is 71.5 Å². The third-order valence-corrected chi connectivity index (χ3v) is 6.42. The highest BCUT2D eigenvalue weighted by atomic mass is 35.5. The third kappa shape index (κ3) is 4.66. The Morgan fingerprint density at radius 2 is 1.91 bits per heavy atom. The second-order valence-electron chi connectivity index (χ2n) is 8.45. The van der Waals surface area contributed by atoms with E-state index in [4.69, 9.17) is 21.1 Å². The van der Waals surface area contributed by atoms with Crippen LogP contribution in [0.2, 0.25) is 5.02 Å². The SMILES string of the molecule is CN1C(=O)OCC1Cc1ccc(Oc2ccc(C=C3C=CC4=C(CC(=O)N4)C3)c(Cl)c2)cc1. The number of rotatable bonds is 5. The van der Waals surface area contributed by atoms with Gasteiger partial charge in [-0.05, 0) is 77.6 Å². The van der Waals surface area contributed by atoms with Crippen molar-refractivity contribution in [3.63, 3.8) is 0 Å². The second kappa shape index (κ2) is 8.79. The van der Waals surface area contributed by atoms with E-state index in [2.05, 4.69) is 5.32 Å². The van der Waals surface area contributed by atoms with Crippen molar-refractivity contribution >= 4 is 29.7 Å². The molecule has 2 aromatic carbocycles. The van der Waals surface area contributed by atoms with Crippen molar-refractivity contribution in [2.45, 2.75) is 25.3 Å². The summed E-state index contributed by atoms with van der Waals surface area (Å²) in [5.74, 6) is 1.41. The van der Waals surface area contributed by atoms with E-state index >= 15 is 0 Å². The second-order valence-corrected chi connectivity index (χ2v) is 8.85. The van der Waals surface area contributed by atoms with E-state index in [1.807, 2.05) is 54.6 Å². The molecule has 0 aromatic heterocycles. The molecule has 3 aliphatic rings. The van der Waals surface area contributed by atoms with Crippen molar-refractivity contribution in [1.82, 2.24) is 10.2 Å². The molecule has 33 heavy (non-hydrogen) atoms. The summed E-state index contributed by atoms with van der Waals surface area (Å²) in [6.45, 7) is 0.415. The number of amides is 2. The molecule has 2 aromatic rings. The van der Waals surface area contributed by atoms with Gasteiger partial charge in [-0.15, -0.1) is 0 Å². The van der Waals surface area contributed by atoms with Crippen LogP contribution in [0.1, 0.15) is 24.0 Å². The first kappa shape index (κ1) is 21.3. The first-order chi connectivity index (χ1) is 15.9. The predicted octanol–water partition coefficient (Wildman–Crippen LogP) is 5.24. The lowest BCUT2D eigenvalue weighted by Gasteiger charge is -2.16. The fraction of sp³-hybridized carbons (Fsp3) is 0.231. The molecule has 1 saturated heterocycles. The molecule has 1 N–H and O–H groups in total. The Labute approximate surface area is 197 Å². The van der Waals surface area contributed by atoms with Gasteiger partial charge in [0, 0.05) is 12.7 Å². The molecule has 6 nitrogen and oxygen atoms in total. The van der Waals surface area contributed by atoms with Gasteiger partial charge in [-0.3, -0.25) is 4.79 Å².